The lowest BCUT2D eigenvalue weighted by Crippen LogP contribution is -2.23. The van der Waals surface area contributed by atoms with Gasteiger partial charge >= 0.3 is 5.97 Å². The summed E-state index contributed by atoms with van der Waals surface area (Å²) in [6, 6.07) is 7.34. The molecule has 2 aromatic rings. The maximum absolute atomic E-state index is 12.2. The monoisotopic (exact) mass is 327 g/mol. The van der Waals surface area contributed by atoms with Crippen molar-refractivity contribution in [2.45, 2.75) is 11.4 Å². The third kappa shape index (κ3) is 3.60. The molecule has 0 atom stereocenters. The first-order chi connectivity index (χ1) is 9.94. The van der Waals surface area contributed by atoms with Crippen LogP contribution >= 0.6 is 11.3 Å². The zero-order valence-electron chi connectivity index (χ0n) is 11.1. The molecule has 0 aliphatic rings. The minimum atomic E-state index is -3.78. The van der Waals surface area contributed by atoms with E-state index < -0.39 is 16.0 Å². The second-order valence-corrected chi connectivity index (χ2v) is 6.87. The van der Waals surface area contributed by atoms with Crippen molar-refractivity contribution in [2.75, 3.05) is 7.11 Å². The fraction of sp³-hybridized carbons (Fsp3) is 0.154. The average Bonchev–Trinajstić information content (AvgIpc) is 2.97. The molecule has 0 amide bonds. The van der Waals surface area contributed by atoms with Gasteiger partial charge in [-0.3, -0.25) is 0 Å². The standard InChI is InChI=1S/C13H13NO5S2/c1-19-12-5-4-10(7-11(12)13(15)16)21(17,18)14-8-9-3-2-6-20-9/h2-7,14H,8H2,1H3,(H,15,16). The molecule has 0 unspecified atom stereocenters. The summed E-state index contributed by atoms with van der Waals surface area (Å²) in [5.74, 6) is -1.14. The molecule has 6 nitrogen and oxygen atoms in total. The minimum Gasteiger partial charge on any atom is -0.496 e. The van der Waals surface area contributed by atoms with Crippen molar-refractivity contribution in [1.29, 1.82) is 0 Å². The first-order valence-electron chi connectivity index (χ1n) is 5.87. The molecule has 1 heterocycles. The maximum Gasteiger partial charge on any atom is 0.339 e. The van der Waals surface area contributed by atoms with Crippen LogP contribution in [0.2, 0.25) is 0 Å². The summed E-state index contributed by atoms with van der Waals surface area (Å²) >= 11 is 1.43. The van der Waals surface area contributed by atoms with Crippen LogP contribution < -0.4 is 9.46 Å². The molecule has 2 rings (SSSR count). The van der Waals surface area contributed by atoms with Crippen LogP contribution in [0.3, 0.4) is 0 Å². The van der Waals surface area contributed by atoms with Gasteiger partial charge in [-0.25, -0.2) is 17.9 Å². The molecule has 1 aromatic carbocycles. The molecular formula is C13H13NO5S2. The maximum atomic E-state index is 12.2. The van der Waals surface area contributed by atoms with Gasteiger partial charge in [-0.15, -0.1) is 11.3 Å². The number of hydrogen-bond acceptors (Lipinski definition) is 5. The summed E-state index contributed by atoms with van der Waals surface area (Å²) in [4.78, 5) is 11.9. The largest absolute Gasteiger partial charge is 0.496 e. The Morgan fingerprint density at radius 3 is 2.71 bits per heavy atom. The smallest absolute Gasteiger partial charge is 0.339 e. The van der Waals surface area contributed by atoms with Gasteiger partial charge in [0.15, 0.2) is 0 Å². The van der Waals surface area contributed by atoms with Gasteiger partial charge in [0.25, 0.3) is 0 Å². The van der Waals surface area contributed by atoms with Crippen molar-refractivity contribution in [3.8, 4) is 5.75 Å². The number of benzene rings is 1. The Bertz CT molecular complexity index is 738. The van der Waals surface area contributed by atoms with E-state index >= 15 is 0 Å². The van der Waals surface area contributed by atoms with Gasteiger partial charge in [0.2, 0.25) is 10.0 Å². The zero-order valence-corrected chi connectivity index (χ0v) is 12.7. The van der Waals surface area contributed by atoms with Gasteiger partial charge in [-0.2, -0.15) is 0 Å². The lowest BCUT2D eigenvalue weighted by molar-refractivity contribution is 0.0693. The van der Waals surface area contributed by atoms with Crippen molar-refractivity contribution in [3.05, 3.63) is 46.2 Å². The highest BCUT2D eigenvalue weighted by Crippen LogP contribution is 2.22. The molecule has 0 aliphatic carbocycles. The second-order valence-electron chi connectivity index (χ2n) is 4.07. The van der Waals surface area contributed by atoms with E-state index in [0.29, 0.717) is 0 Å². The number of rotatable bonds is 6. The van der Waals surface area contributed by atoms with E-state index in [1.54, 1.807) is 0 Å². The highest BCUT2D eigenvalue weighted by molar-refractivity contribution is 7.89. The molecule has 0 saturated carbocycles. The average molecular weight is 327 g/mol. The molecule has 1 aromatic heterocycles. The number of aromatic carboxylic acids is 1. The van der Waals surface area contributed by atoms with Crippen molar-refractivity contribution in [1.82, 2.24) is 4.72 Å². The topological polar surface area (TPSA) is 92.7 Å². The predicted octanol–water partition coefficient (Wildman–Crippen LogP) is 1.93. The van der Waals surface area contributed by atoms with Crippen molar-refractivity contribution in [3.63, 3.8) is 0 Å². The third-order valence-electron chi connectivity index (χ3n) is 2.73. The van der Waals surface area contributed by atoms with Crippen LogP contribution in [0.5, 0.6) is 5.75 Å². The van der Waals surface area contributed by atoms with Crippen LogP contribution in [-0.4, -0.2) is 26.6 Å². The number of hydrogen-bond donors (Lipinski definition) is 2. The molecule has 21 heavy (non-hydrogen) atoms. The first-order valence-corrected chi connectivity index (χ1v) is 8.23. The Hall–Kier alpha value is -1.90. The lowest BCUT2D eigenvalue weighted by atomic mass is 10.2. The summed E-state index contributed by atoms with van der Waals surface area (Å²) in [6.07, 6.45) is 0. The SMILES string of the molecule is COc1ccc(S(=O)(=O)NCc2cccs2)cc1C(=O)O. The van der Waals surface area contributed by atoms with Crippen molar-refractivity contribution < 1.29 is 23.1 Å². The normalized spacial score (nSPS) is 11.3. The Kier molecular flexibility index (Phi) is 4.61. The van der Waals surface area contributed by atoms with Crippen LogP contribution in [0.25, 0.3) is 0 Å². The highest BCUT2D eigenvalue weighted by atomic mass is 32.2. The summed E-state index contributed by atoms with van der Waals surface area (Å²) in [7, 11) is -2.46. The van der Waals surface area contributed by atoms with Crippen molar-refractivity contribution in [2.24, 2.45) is 0 Å². The lowest BCUT2D eigenvalue weighted by Gasteiger charge is -2.09. The highest BCUT2D eigenvalue weighted by Gasteiger charge is 2.19. The summed E-state index contributed by atoms with van der Waals surface area (Å²) in [6.45, 7) is 0.161. The van der Waals surface area contributed by atoms with E-state index in [0.717, 1.165) is 10.9 Å². The zero-order chi connectivity index (χ0) is 15.5. The molecular weight excluding hydrogens is 314 g/mol. The van der Waals surface area contributed by atoms with Crippen LogP contribution in [0.1, 0.15) is 15.2 Å². The minimum absolute atomic E-state index is 0.111. The van der Waals surface area contributed by atoms with Crippen LogP contribution in [-0.2, 0) is 16.6 Å². The van der Waals surface area contributed by atoms with Crippen LogP contribution in [0.15, 0.2) is 40.6 Å². The Morgan fingerprint density at radius 2 is 2.14 bits per heavy atom. The molecule has 0 aliphatic heterocycles. The summed E-state index contributed by atoms with van der Waals surface area (Å²) < 4.78 is 31.7. The number of nitrogens with one attached hydrogen (secondary N) is 1. The number of thiophene rings is 1. The van der Waals surface area contributed by atoms with E-state index in [1.807, 2.05) is 17.5 Å². The fourth-order valence-electron chi connectivity index (χ4n) is 1.68. The third-order valence-corrected chi connectivity index (χ3v) is 5.00. The van der Waals surface area contributed by atoms with Gasteiger partial charge in [-0.1, -0.05) is 6.07 Å². The molecule has 2 N–H and O–H groups in total. The fourth-order valence-corrected chi connectivity index (χ4v) is 3.45. The van der Waals surface area contributed by atoms with Gasteiger partial charge in [0.1, 0.15) is 11.3 Å². The quantitative estimate of drug-likeness (QED) is 0.846. The van der Waals surface area contributed by atoms with E-state index in [9.17, 15) is 13.2 Å². The predicted molar refractivity (Wildman–Crippen MR) is 78.3 cm³/mol. The van der Waals surface area contributed by atoms with Crippen LogP contribution in [0.4, 0.5) is 0 Å². The van der Waals surface area contributed by atoms with Gasteiger partial charge < -0.3 is 9.84 Å². The molecule has 112 valence electrons. The van der Waals surface area contributed by atoms with E-state index in [1.165, 1.54) is 30.6 Å². The van der Waals surface area contributed by atoms with Gasteiger partial charge in [0.05, 0.1) is 12.0 Å². The molecule has 0 radical (unpaired) electrons. The molecule has 0 saturated heterocycles. The second kappa shape index (κ2) is 6.25. The molecule has 8 heteroatoms. The number of ether oxygens (including phenoxy) is 1. The first kappa shape index (κ1) is 15.5. The Labute approximate surface area is 126 Å². The Morgan fingerprint density at radius 1 is 1.38 bits per heavy atom. The number of carboxylic acid groups (broad SMARTS) is 1. The Balaban J connectivity index is 2.27. The van der Waals surface area contributed by atoms with E-state index in [4.69, 9.17) is 9.84 Å². The molecule has 0 spiro atoms. The number of carbonyl (C=O) groups is 1. The number of sulfonamides is 1. The van der Waals surface area contributed by atoms with Gasteiger partial charge in [-0.05, 0) is 29.6 Å². The van der Waals surface area contributed by atoms with E-state index in [2.05, 4.69) is 4.72 Å². The molecule has 0 fully saturated rings. The number of methoxy groups -OCH3 is 1. The number of carboxylic acids is 1. The van der Waals surface area contributed by atoms with E-state index in [-0.39, 0.29) is 22.8 Å². The van der Waals surface area contributed by atoms with Crippen molar-refractivity contribution >= 4 is 27.3 Å². The van der Waals surface area contributed by atoms with Gasteiger partial charge in [0, 0.05) is 11.4 Å². The summed E-state index contributed by atoms with van der Waals surface area (Å²) in [5.41, 5.74) is -0.198. The van der Waals surface area contributed by atoms with Crippen LogP contribution in [0, 0.1) is 0 Å². The molecule has 0 bridgehead atoms. The summed E-state index contributed by atoms with van der Waals surface area (Å²) in [5, 5.41) is 10.9.